The van der Waals surface area contributed by atoms with Crippen molar-refractivity contribution >= 4 is 41.1 Å². The lowest BCUT2D eigenvalue weighted by molar-refractivity contribution is -0.130. The SMILES string of the molecule is CN(CCOc1cccc(Cl)c1)C(=O)Cn1c(-c2cccs2)n[nH]c1=S. The third-order valence-electron chi connectivity index (χ3n) is 3.71. The Morgan fingerprint density at radius 1 is 1.42 bits per heavy atom. The molecule has 3 aromatic rings. The fourth-order valence-electron chi connectivity index (χ4n) is 2.30. The maximum atomic E-state index is 12.5. The summed E-state index contributed by atoms with van der Waals surface area (Å²) >= 11 is 12.7. The zero-order chi connectivity index (χ0) is 18.5. The molecule has 26 heavy (non-hydrogen) atoms. The fraction of sp³-hybridized carbons (Fsp3) is 0.235. The van der Waals surface area contributed by atoms with Gasteiger partial charge in [-0.15, -0.1) is 11.3 Å². The molecule has 1 N–H and O–H groups in total. The molecule has 0 bridgehead atoms. The fourth-order valence-corrected chi connectivity index (χ4v) is 3.40. The average molecular weight is 409 g/mol. The molecule has 0 unspecified atom stereocenters. The Kier molecular flexibility index (Phi) is 6.08. The number of nitrogens with one attached hydrogen (secondary N) is 1. The summed E-state index contributed by atoms with van der Waals surface area (Å²) in [7, 11) is 1.73. The van der Waals surface area contributed by atoms with Crippen LogP contribution in [0.1, 0.15) is 0 Å². The van der Waals surface area contributed by atoms with Crippen molar-refractivity contribution < 1.29 is 9.53 Å². The Morgan fingerprint density at radius 3 is 3.00 bits per heavy atom. The number of halogens is 1. The Hall–Kier alpha value is -2.16. The van der Waals surface area contributed by atoms with Gasteiger partial charge in [-0.3, -0.25) is 14.5 Å². The van der Waals surface area contributed by atoms with Crippen molar-refractivity contribution in [1.82, 2.24) is 19.7 Å². The second-order valence-corrected chi connectivity index (χ2v) is 7.31. The number of hydrogen-bond acceptors (Lipinski definition) is 5. The quantitative estimate of drug-likeness (QED) is 0.603. The second-order valence-electron chi connectivity index (χ2n) is 5.54. The first kappa shape index (κ1) is 18.6. The summed E-state index contributed by atoms with van der Waals surface area (Å²) in [4.78, 5) is 15.1. The van der Waals surface area contributed by atoms with Crippen molar-refractivity contribution in [3.63, 3.8) is 0 Å². The van der Waals surface area contributed by atoms with E-state index in [4.69, 9.17) is 28.6 Å². The van der Waals surface area contributed by atoms with E-state index in [2.05, 4.69) is 10.2 Å². The molecular formula is C17H17ClN4O2S2. The molecule has 0 atom stereocenters. The van der Waals surface area contributed by atoms with Crippen molar-refractivity contribution in [2.75, 3.05) is 20.2 Å². The number of carbonyl (C=O) groups excluding carboxylic acids is 1. The first-order valence-corrected chi connectivity index (χ1v) is 9.52. The highest BCUT2D eigenvalue weighted by Crippen LogP contribution is 2.22. The molecule has 0 fully saturated rings. The topological polar surface area (TPSA) is 63.1 Å². The van der Waals surface area contributed by atoms with Crippen molar-refractivity contribution in [3.05, 3.63) is 51.6 Å². The van der Waals surface area contributed by atoms with Gasteiger partial charge in [0.25, 0.3) is 0 Å². The number of rotatable bonds is 7. The summed E-state index contributed by atoms with van der Waals surface area (Å²) in [5.74, 6) is 1.27. The standard InChI is InChI=1S/C17H17ClN4O2S2/c1-21(7-8-24-13-5-2-4-12(18)10-13)15(23)11-22-16(19-20-17(22)25)14-6-3-9-26-14/h2-6,9-10H,7-8,11H2,1H3,(H,20,25). The monoisotopic (exact) mass is 408 g/mol. The van der Waals surface area contributed by atoms with Crippen LogP contribution in [-0.2, 0) is 11.3 Å². The molecule has 0 saturated carbocycles. The first-order valence-electron chi connectivity index (χ1n) is 7.86. The number of amides is 1. The zero-order valence-electron chi connectivity index (χ0n) is 14.0. The van der Waals surface area contributed by atoms with E-state index in [1.165, 1.54) is 0 Å². The molecule has 0 saturated heterocycles. The summed E-state index contributed by atoms with van der Waals surface area (Å²) in [5, 5.41) is 9.55. The van der Waals surface area contributed by atoms with Crippen LogP contribution in [-0.4, -0.2) is 45.8 Å². The van der Waals surface area contributed by atoms with Crippen LogP contribution < -0.4 is 4.74 Å². The number of benzene rings is 1. The first-order chi connectivity index (χ1) is 12.5. The maximum Gasteiger partial charge on any atom is 0.242 e. The van der Waals surface area contributed by atoms with Crippen LogP contribution in [0.2, 0.25) is 5.02 Å². The van der Waals surface area contributed by atoms with Gasteiger partial charge in [0.05, 0.1) is 11.4 Å². The number of aromatic nitrogens is 3. The van der Waals surface area contributed by atoms with Gasteiger partial charge in [0, 0.05) is 12.1 Å². The predicted molar refractivity (Wildman–Crippen MR) is 105 cm³/mol. The Bertz CT molecular complexity index is 936. The number of hydrogen-bond donors (Lipinski definition) is 1. The largest absolute Gasteiger partial charge is 0.492 e. The van der Waals surface area contributed by atoms with Crippen LogP contribution in [0.3, 0.4) is 0 Å². The Morgan fingerprint density at radius 2 is 2.27 bits per heavy atom. The molecule has 1 amide bonds. The molecule has 0 radical (unpaired) electrons. The van der Waals surface area contributed by atoms with Gasteiger partial charge in [-0.25, -0.2) is 0 Å². The molecule has 3 rings (SSSR count). The van der Waals surface area contributed by atoms with E-state index in [-0.39, 0.29) is 12.5 Å². The molecule has 9 heteroatoms. The Balaban J connectivity index is 1.58. The summed E-state index contributed by atoms with van der Waals surface area (Å²) < 4.78 is 7.75. The third-order valence-corrected chi connectivity index (χ3v) is 5.12. The van der Waals surface area contributed by atoms with Gasteiger partial charge in [-0.1, -0.05) is 23.7 Å². The van der Waals surface area contributed by atoms with Crippen LogP contribution in [0, 0.1) is 4.77 Å². The minimum absolute atomic E-state index is 0.0741. The number of ether oxygens (including phenoxy) is 1. The van der Waals surface area contributed by atoms with Gasteiger partial charge in [-0.05, 0) is 41.9 Å². The van der Waals surface area contributed by atoms with Gasteiger partial charge < -0.3 is 9.64 Å². The average Bonchev–Trinajstić information content (AvgIpc) is 3.25. The van der Waals surface area contributed by atoms with Gasteiger partial charge >= 0.3 is 0 Å². The molecule has 0 spiro atoms. The molecule has 2 aromatic heterocycles. The molecule has 0 aliphatic rings. The lowest BCUT2D eigenvalue weighted by Crippen LogP contribution is -2.33. The molecule has 6 nitrogen and oxygen atoms in total. The number of aromatic amines is 1. The molecule has 1 aromatic carbocycles. The highest BCUT2D eigenvalue weighted by atomic mass is 35.5. The van der Waals surface area contributed by atoms with Crippen molar-refractivity contribution in [2.45, 2.75) is 6.54 Å². The second kappa shape index (κ2) is 8.48. The van der Waals surface area contributed by atoms with E-state index in [1.807, 2.05) is 29.6 Å². The van der Waals surface area contributed by atoms with Crippen LogP contribution >= 0.6 is 35.2 Å². The Labute approximate surface area is 165 Å². The number of likely N-dealkylation sites (N-methyl/N-ethyl adjacent to an activating group) is 1. The van der Waals surface area contributed by atoms with Crippen LogP contribution in [0.25, 0.3) is 10.7 Å². The number of nitrogens with zero attached hydrogens (tertiary/aromatic N) is 3. The lowest BCUT2D eigenvalue weighted by atomic mass is 10.3. The van der Waals surface area contributed by atoms with Crippen molar-refractivity contribution in [1.29, 1.82) is 0 Å². The summed E-state index contributed by atoms with van der Waals surface area (Å²) in [6, 6.07) is 11.0. The van der Waals surface area contributed by atoms with E-state index >= 15 is 0 Å². The molecular weight excluding hydrogens is 392 g/mol. The van der Waals surface area contributed by atoms with E-state index in [0.717, 1.165) is 4.88 Å². The molecule has 2 heterocycles. The van der Waals surface area contributed by atoms with Gasteiger partial charge in [-0.2, -0.15) is 5.10 Å². The zero-order valence-corrected chi connectivity index (χ0v) is 16.4. The molecule has 0 aliphatic carbocycles. The van der Waals surface area contributed by atoms with Crippen LogP contribution in [0.5, 0.6) is 5.75 Å². The van der Waals surface area contributed by atoms with Gasteiger partial charge in [0.1, 0.15) is 18.9 Å². The lowest BCUT2D eigenvalue weighted by Gasteiger charge is -2.18. The summed E-state index contributed by atoms with van der Waals surface area (Å²) in [5.41, 5.74) is 0. The van der Waals surface area contributed by atoms with E-state index in [9.17, 15) is 4.79 Å². The minimum Gasteiger partial charge on any atom is -0.492 e. The van der Waals surface area contributed by atoms with Gasteiger partial charge in [0.15, 0.2) is 10.6 Å². The summed E-state index contributed by atoms with van der Waals surface area (Å²) in [6.07, 6.45) is 0. The van der Waals surface area contributed by atoms with E-state index in [0.29, 0.717) is 34.5 Å². The normalized spacial score (nSPS) is 10.7. The number of carbonyl (C=O) groups is 1. The highest BCUT2D eigenvalue weighted by Gasteiger charge is 2.15. The smallest absolute Gasteiger partial charge is 0.242 e. The van der Waals surface area contributed by atoms with Crippen LogP contribution in [0.4, 0.5) is 0 Å². The van der Waals surface area contributed by atoms with Crippen molar-refractivity contribution in [3.8, 4) is 16.5 Å². The summed E-state index contributed by atoms with van der Waals surface area (Å²) in [6.45, 7) is 0.943. The highest BCUT2D eigenvalue weighted by molar-refractivity contribution is 7.71. The van der Waals surface area contributed by atoms with Crippen molar-refractivity contribution in [2.24, 2.45) is 0 Å². The third kappa shape index (κ3) is 4.51. The molecule has 136 valence electrons. The van der Waals surface area contributed by atoms with E-state index in [1.54, 1.807) is 40.0 Å². The van der Waals surface area contributed by atoms with Gasteiger partial charge in [0.2, 0.25) is 5.91 Å². The molecule has 0 aliphatic heterocycles. The number of H-pyrrole nitrogens is 1. The predicted octanol–water partition coefficient (Wildman–Crippen LogP) is 3.86. The van der Waals surface area contributed by atoms with E-state index < -0.39 is 0 Å². The minimum atomic E-state index is -0.0741. The number of thiophene rings is 1. The van der Waals surface area contributed by atoms with Crippen LogP contribution in [0.15, 0.2) is 41.8 Å². The maximum absolute atomic E-state index is 12.5.